The highest BCUT2D eigenvalue weighted by Gasteiger charge is 2.47. The van der Waals surface area contributed by atoms with E-state index in [4.69, 9.17) is 16.3 Å². The number of esters is 1. The van der Waals surface area contributed by atoms with Crippen LogP contribution in [0.3, 0.4) is 0 Å². The molecule has 156 valence electrons. The van der Waals surface area contributed by atoms with Crippen LogP contribution in [0.4, 0.5) is 0 Å². The molecular weight excluding hydrogens is 402 g/mol. The van der Waals surface area contributed by atoms with E-state index in [1.165, 1.54) is 17.9 Å². The molecule has 0 saturated heterocycles. The summed E-state index contributed by atoms with van der Waals surface area (Å²) < 4.78 is 5.19. The molecule has 0 bridgehead atoms. The topological polar surface area (TPSA) is 63.7 Å². The van der Waals surface area contributed by atoms with Gasteiger partial charge in [0, 0.05) is 42.6 Å². The number of para-hydroxylation sites is 1. The van der Waals surface area contributed by atoms with Gasteiger partial charge >= 0.3 is 5.97 Å². The number of halogens is 1. The highest BCUT2D eigenvalue weighted by Crippen LogP contribution is 2.42. The Bertz CT molecular complexity index is 1000. The van der Waals surface area contributed by atoms with Crippen LogP contribution in [0.5, 0.6) is 5.75 Å². The number of rotatable bonds is 5. The Balaban J connectivity index is 1.95. The van der Waals surface area contributed by atoms with Crippen molar-refractivity contribution in [3.05, 3.63) is 70.8 Å². The molecule has 0 aliphatic heterocycles. The molecule has 0 unspecified atom stereocenters. The van der Waals surface area contributed by atoms with E-state index in [0.29, 0.717) is 34.7 Å². The van der Waals surface area contributed by atoms with Crippen LogP contribution in [0.15, 0.2) is 54.6 Å². The number of carbonyl (C=O) groups is 3. The third-order valence-electron chi connectivity index (χ3n) is 5.45. The van der Waals surface area contributed by atoms with Crippen LogP contribution < -0.4 is 4.74 Å². The summed E-state index contributed by atoms with van der Waals surface area (Å²) in [6.45, 7) is 1.32. The molecule has 5 nitrogen and oxygen atoms in total. The second-order valence-corrected chi connectivity index (χ2v) is 7.74. The van der Waals surface area contributed by atoms with Crippen molar-refractivity contribution >= 4 is 35.3 Å². The standard InChI is InChI=1S/C24H24ClNO4/c1-17(27)30-21-12-6-3-9-18(21)14-15-23(29)26(2)24(16-8-7-13-22(24)28)19-10-4-5-11-20(19)25/h3-6,9-12,14-15H,7-8,13,16H2,1-2H3/b15-14+/t24-/m0/s1. The van der Waals surface area contributed by atoms with Crippen LogP contribution in [0.25, 0.3) is 6.08 Å². The van der Waals surface area contributed by atoms with Gasteiger partial charge in [0.1, 0.15) is 11.3 Å². The molecule has 0 N–H and O–H groups in total. The van der Waals surface area contributed by atoms with Crippen LogP contribution >= 0.6 is 11.6 Å². The van der Waals surface area contributed by atoms with Gasteiger partial charge < -0.3 is 9.64 Å². The van der Waals surface area contributed by atoms with Crippen molar-refractivity contribution in [1.29, 1.82) is 0 Å². The lowest BCUT2D eigenvalue weighted by Gasteiger charge is -2.43. The zero-order valence-corrected chi connectivity index (χ0v) is 17.8. The van der Waals surface area contributed by atoms with Crippen molar-refractivity contribution in [2.45, 2.75) is 38.1 Å². The van der Waals surface area contributed by atoms with Crippen molar-refractivity contribution in [3.63, 3.8) is 0 Å². The van der Waals surface area contributed by atoms with E-state index >= 15 is 0 Å². The van der Waals surface area contributed by atoms with Crippen LogP contribution in [-0.4, -0.2) is 29.6 Å². The first-order valence-corrected chi connectivity index (χ1v) is 10.3. The second kappa shape index (κ2) is 9.26. The molecule has 3 rings (SSSR count). The number of hydrogen-bond acceptors (Lipinski definition) is 4. The van der Waals surface area contributed by atoms with Crippen LogP contribution in [0.1, 0.15) is 43.7 Å². The lowest BCUT2D eigenvalue weighted by molar-refractivity contribution is -0.144. The molecule has 1 atom stereocenters. The summed E-state index contributed by atoms with van der Waals surface area (Å²) in [5.74, 6) is -0.412. The average Bonchev–Trinajstić information content (AvgIpc) is 2.73. The smallest absolute Gasteiger partial charge is 0.308 e. The first-order valence-electron chi connectivity index (χ1n) is 9.88. The minimum Gasteiger partial charge on any atom is -0.426 e. The monoisotopic (exact) mass is 425 g/mol. The number of Topliss-reactive ketones (excluding diaryl/α,β-unsaturated/α-hetero) is 1. The molecule has 30 heavy (non-hydrogen) atoms. The molecular formula is C24H24ClNO4. The summed E-state index contributed by atoms with van der Waals surface area (Å²) in [7, 11) is 1.64. The SMILES string of the molecule is CC(=O)Oc1ccccc1/C=C/C(=O)N(C)[C@]1(c2ccccc2Cl)CCCCC1=O. The number of carbonyl (C=O) groups excluding carboxylic acids is 3. The summed E-state index contributed by atoms with van der Waals surface area (Å²) in [6, 6.07) is 14.1. The van der Waals surface area contributed by atoms with Gasteiger partial charge in [-0.25, -0.2) is 0 Å². The van der Waals surface area contributed by atoms with Gasteiger partial charge in [-0.05, 0) is 37.5 Å². The lowest BCUT2D eigenvalue weighted by atomic mass is 9.74. The molecule has 0 heterocycles. The Morgan fingerprint density at radius 3 is 2.50 bits per heavy atom. The van der Waals surface area contributed by atoms with Crippen molar-refractivity contribution in [3.8, 4) is 5.75 Å². The van der Waals surface area contributed by atoms with Crippen molar-refractivity contribution < 1.29 is 19.1 Å². The van der Waals surface area contributed by atoms with E-state index in [1.54, 1.807) is 49.5 Å². The van der Waals surface area contributed by atoms with Gasteiger partial charge in [0.25, 0.3) is 0 Å². The summed E-state index contributed by atoms with van der Waals surface area (Å²) in [5, 5.41) is 0.469. The third-order valence-corrected chi connectivity index (χ3v) is 5.78. The largest absolute Gasteiger partial charge is 0.426 e. The van der Waals surface area contributed by atoms with Crippen LogP contribution in [-0.2, 0) is 19.9 Å². The molecule has 2 aromatic carbocycles. The minimum absolute atomic E-state index is 0.00795. The Kier molecular flexibility index (Phi) is 6.73. The number of nitrogens with zero attached hydrogens (tertiary/aromatic N) is 1. The average molecular weight is 426 g/mol. The van der Waals surface area contributed by atoms with Crippen molar-refractivity contribution in [2.75, 3.05) is 7.05 Å². The fourth-order valence-electron chi connectivity index (χ4n) is 3.96. The Morgan fingerprint density at radius 2 is 1.80 bits per heavy atom. The number of ether oxygens (including phenoxy) is 1. The molecule has 2 aromatic rings. The quantitative estimate of drug-likeness (QED) is 0.393. The zero-order chi connectivity index (χ0) is 21.7. The van der Waals surface area contributed by atoms with Crippen LogP contribution in [0.2, 0.25) is 5.02 Å². The minimum atomic E-state index is -1.09. The van der Waals surface area contributed by atoms with Gasteiger partial charge in [-0.3, -0.25) is 14.4 Å². The van der Waals surface area contributed by atoms with Gasteiger partial charge in [0.15, 0.2) is 5.78 Å². The first-order chi connectivity index (χ1) is 14.4. The molecule has 0 aromatic heterocycles. The Hall–Kier alpha value is -2.92. The third kappa shape index (κ3) is 4.31. The lowest BCUT2D eigenvalue weighted by Crippen LogP contribution is -2.53. The number of benzene rings is 2. The van der Waals surface area contributed by atoms with E-state index in [1.807, 2.05) is 12.1 Å². The maximum atomic E-state index is 13.1. The maximum Gasteiger partial charge on any atom is 0.308 e. The molecule has 1 aliphatic carbocycles. The number of hydrogen-bond donors (Lipinski definition) is 0. The molecule has 0 radical (unpaired) electrons. The number of ketones is 1. The van der Waals surface area contributed by atoms with Crippen molar-refractivity contribution in [2.24, 2.45) is 0 Å². The highest BCUT2D eigenvalue weighted by atomic mass is 35.5. The molecule has 1 amide bonds. The number of amides is 1. The van der Waals surface area contributed by atoms with E-state index in [9.17, 15) is 14.4 Å². The maximum absolute atomic E-state index is 13.1. The zero-order valence-electron chi connectivity index (χ0n) is 17.1. The van der Waals surface area contributed by atoms with Gasteiger partial charge in [0.2, 0.25) is 5.91 Å². The molecule has 1 aliphatic rings. The molecule has 6 heteroatoms. The predicted molar refractivity (Wildman–Crippen MR) is 116 cm³/mol. The molecule has 0 spiro atoms. The summed E-state index contributed by atoms with van der Waals surface area (Å²) >= 11 is 6.45. The fraction of sp³-hybridized carbons (Fsp3) is 0.292. The van der Waals surface area contributed by atoms with Gasteiger partial charge in [-0.2, -0.15) is 0 Å². The Labute approximate surface area is 181 Å². The van der Waals surface area contributed by atoms with Gasteiger partial charge in [0.05, 0.1) is 0 Å². The van der Waals surface area contributed by atoms with E-state index in [2.05, 4.69) is 0 Å². The van der Waals surface area contributed by atoms with Gasteiger partial charge in [-0.15, -0.1) is 0 Å². The van der Waals surface area contributed by atoms with Gasteiger partial charge in [-0.1, -0.05) is 48.0 Å². The van der Waals surface area contributed by atoms with Crippen molar-refractivity contribution in [1.82, 2.24) is 4.90 Å². The van der Waals surface area contributed by atoms with E-state index in [0.717, 1.165) is 12.8 Å². The number of likely N-dealkylation sites (N-methyl/N-ethyl adjacent to an activating group) is 1. The summed E-state index contributed by atoms with van der Waals surface area (Å²) in [4.78, 5) is 39.1. The summed E-state index contributed by atoms with van der Waals surface area (Å²) in [5.41, 5.74) is 0.157. The molecule has 1 saturated carbocycles. The predicted octanol–water partition coefficient (Wildman–Crippen LogP) is 4.78. The molecule has 1 fully saturated rings. The van der Waals surface area contributed by atoms with Crippen LogP contribution in [0, 0.1) is 0 Å². The normalized spacial score (nSPS) is 19.0. The fourth-order valence-corrected chi connectivity index (χ4v) is 4.25. The van der Waals surface area contributed by atoms with E-state index < -0.39 is 11.5 Å². The first kappa shape index (κ1) is 21.8. The van der Waals surface area contributed by atoms with E-state index in [-0.39, 0.29) is 11.7 Å². The highest BCUT2D eigenvalue weighted by molar-refractivity contribution is 6.31. The summed E-state index contributed by atoms with van der Waals surface area (Å²) in [6.07, 6.45) is 5.54. The Morgan fingerprint density at radius 1 is 1.10 bits per heavy atom. The second-order valence-electron chi connectivity index (χ2n) is 7.33.